The van der Waals surface area contributed by atoms with E-state index in [4.69, 9.17) is 9.47 Å². The fourth-order valence-electron chi connectivity index (χ4n) is 8.08. The number of nitrogens with zero attached hydrogens (tertiary/aromatic N) is 2. The van der Waals surface area contributed by atoms with E-state index in [1.54, 1.807) is 24.0 Å². The Balaban J connectivity index is 1.52. The first-order valence-corrected chi connectivity index (χ1v) is 17.6. The van der Waals surface area contributed by atoms with Crippen LogP contribution < -0.4 is 5.32 Å². The van der Waals surface area contributed by atoms with Crippen LogP contribution in [0.15, 0.2) is 86.0 Å². The summed E-state index contributed by atoms with van der Waals surface area (Å²) in [5, 5.41) is 13.8. The van der Waals surface area contributed by atoms with Gasteiger partial charge in [-0.1, -0.05) is 72.8 Å². The smallest absolute Gasteiger partial charge is 0.313 e. The van der Waals surface area contributed by atoms with E-state index < -0.39 is 65.2 Å². The van der Waals surface area contributed by atoms with E-state index in [0.29, 0.717) is 31.2 Å². The molecule has 0 radical (unpaired) electrons. The number of likely N-dealkylation sites (tertiary alicyclic amines) is 1. The van der Waals surface area contributed by atoms with Gasteiger partial charge in [0.15, 0.2) is 0 Å². The highest BCUT2D eigenvalue weighted by Crippen LogP contribution is 2.59. The van der Waals surface area contributed by atoms with Crippen molar-refractivity contribution in [1.29, 1.82) is 0 Å². The molecule has 3 saturated heterocycles. The number of hydrogen-bond donors (Lipinski definition) is 2. The summed E-state index contributed by atoms with van der Waals surface area (Å²) >= 11 is 0. The van der Waals surface area contributed by atoms with Crippen LogP contribution in [0, 0.1) is 11.8 Å². The molecule has 2 aromatic rings. The van der Waals surface area contributed by atoms with Gasteiger partial charge in [-0.25, -0.2) is 0 Å². The minimum Gasteiger partial charge on any atom is -0.455 e. The number of rotatable bonds is 15. The Morgan fingerprint density at radius 1 is 1.10 bits per heavy atom. The van der Waals surface area contributed by atoms with E-state index in [0.717, 1.165) is 5.56 Å². The number of carbonyl (C=O) groups is 4. The first-order chi connectivity index (χ1) is 23.9. The van der Waals surface area contributed by atoms with Crippen LogP contribution in [0.2, 0.25) is 0 Å². The Morgan fingerprint density at radius 3 is 2.36 bits per heavy atom. The Labute approximate surface area is 295 Å². The van der Waals surface area contributed by atoms with Gasteiger partial charge in [-0.3, -0.25) is 19.2 Å². The van der Waals surface area contributed by atoms with Crippen molar-refractivity contribution in [3.05, 3.63) is 97.1 Å². The van der Waals surface area contributed by atoms with Gasteiger partial charge < -0.3 is 29.7 Å². The van der Waals surface area contributed by atoms with E-state index in [2.05, 4.69) is 18.5 Å². The van der Waals surface area contributed by atoms with Crippen LogP contribution in [0.4, 0.5) is 0 Å². The lowest BCUT2D eigenvalue weighted by molar-refractivity contribution is -0.163. The number of amides is 3. The minimum absolute atomic E-state index is 0.198. The summed E-state index contributed by atoms with van der Waals surface area (Å²) in [4.78, 5) is 59.9. The third-order valence-corrected chi connectivity index (χ3v) is 10.3. The topological polar surface area (TPSA) is 125 Å². The standard InChI is InChI=1S/C40H51N3O7/c1-7-9-20-31(45)41-26(3)34(28-18-14-11-15-19-28)49-38(48)32-30-21-22-40(50-30)33(32)36(46)43(29(25-44)24-27-16-12-10-13-17-27)35(40)37(47)42(23-8-2)39(4,5)6/h7-8,10-19,26,29-30,32-35,44H,1-2,9,20-25H2,3-6H3,(H,41,45)/t26-,29+,30-,32+,33+,34-,35-,40+/m0/s1. The number of carbonyl (C=O) groups excluding carboxylic acids is 4. The molecular weight excluding hydrogens is 634 g/mol. The summed E-state index contributed by atoms with van der Waals surface area (Å²) in [7, 11) is 0. The van der Waals surface area contributed by atoms with Crippen molar-refractivity contribution in [1.82, 2.24) is 15.1 Å². The molecule has 10 heteroatoms. The van der Waals surface area contributed by atoms with E-state index in [-0.39, 0.29) is 31.4 Å². The molecule has 10 nitrogen and oxygen atoms in total. The SMILES string of the molecule is C=CCCC(=O)N[C@@H](C)[C@H](OC(=O)[C@@H]1[C@@H]2CC[C@]3(O2)[C@H](C(=O)N(CC=C)C(C)(C)C)N([C@@H](CO)Cc2ccccc2)C(=O)[C@@H]13)c1ccccc1. The second-order valence-corrected chi connectivity index (χ2v) is 14.7. The lowest BCUT2D eigenvalue weighted by Gasteiger charge is -2.43. The first kappa shape index (κ1) is 37.0. The second kappa shape index (κ2) is 15.3. The van der Waals surface area contributed by atoms with Gasteiger partial charge in [0.1, 0.15) is 17.7 Å². The highest BCUT2D eigenvalue weighted by atomic mass is 16.6. The Morgan fingerprint density at radius 2 is 1.76 bits per heavy atom. The van der Waals surface area contributed by atoms with Crippen molar-refractivity contribution in [3.8, 4) is 0 Å². The lowest BCUT2D eigenvalue weighted by Crippen LogP contribution is -2.61. The normalized spacial score (nSPS) is 25.7. The minimum atomic E-state index is -1.29. The zero-order chi connectivity index (χ0) is 36.2. The number of allylic oxidation sites excluding steroid dienone is 1. The molecule has 0 aromatic heterocycles. The highest BCUT2D eigenvalue weighted by Gasteiger charge is 2.76. The third-order valence-electron chi connectivity index (χ3n) is 10.3. The largest absolute Gasteiger partial charge is 0.455 e. The van der Waals surface area contributed by atoms with E-state index in [9.17, 15) is 24.3 Å². The molecule has 50 heavy (non-hydrogen) atoms. The van der Waals surface area contributed by atoms with Gasteiger partial charge in [-0.15, -0.1) is 13.2 Å². The van der Waals surface area contributed by atoms with Crippen LogP contribution in [0.1, 0.15) is 70.6 Å². The summed E-state index contributed by atoms with van der Waals surface area (Å²) in [5.74, 6) is -3.51. The summed E-state index contributed by atoms with van der Waals surface area (Å²) in [6.07, 6.45) is 3.78. The summed E-state index contributed by atoms with van der Waals surface area (Å²) in [6, 6.07) is 16.3. The zero-order valence-electron chi connectivity index (χ0n) is 29.6. The third kappa shape index (κ3) is 7.14. The molecule has 2 N–H and O–H groups in total. The molecule has 0 aliphatic carbocycles. The number of benzene rings is 2. The maximum atomic E-state index is 14.8. The van der Waals surface area contributed by atoms with Gasteiger partial charge in [-0.2, -0.15) is 0 Å². The fourth-order valence-corrected chi connectivity index (χ4v) is 8.08. The molecule has 8 atom stereocenters. The first-order valence-electron chi connectivity index (χ1n) is 17.6. The van der Waals surface area contributed by atoms with E-state index in [1.807, 2.05) is 81.4 Å². The lowest BCUT2D eigenvalue weighted by atomic mass is 9.70. The van der Waals surface area contributed by atoms with Crippen LogP contribution in [0.5, 0.6) is 0 Å². The van der Waals surface area contributed by atoms with Crippen LogP contribution in [-0.4, -0.2) is 87.1 Å². The van der Waals surface area contributed by atoms with Crippen molar-refractivity contribution in [2.24, 2.45) is 11.8 Å². The molecule has 5 rings (SSSR count). The quantitative estimate of drug-likeness (QED) is 0.209. The van der Waals surface area contributed by atoms with Crippen molar-refractivity contribution >= 4 is 23.7 Å². The molecule has 268 valence electrons. The average Bonchev–Trinajstić information content (AvgIpc) is 3.74. The second-order valence-electron chi connectivity index (χ2n) is 14.7. The molecule has 3 heterocycles. The maximum absolute atomic E-state index is 14.8. The zero-order valence-corrected chi connectivity index (χ0v) is 29.6. The maximum Gasteiger partial charge on any atom is 0.313 e. The van der Waals surface area contributed by atoms with Crippen LogP contribution in [0.3, 0.4) is 0 Å². The number of aliphatic hydroxyl groups is 1. The predicted molar refractivity (Wildman–Crippen MR) is 189 cm³/mol. The van der Waals surface area contributed by atoms with Gasteiger partial charge in [0.2, 0.25) is 17.7 Å². The van der Waals surface area contributed by atoms with E-state index in [1.165, 1.54) is 4.90 Å². The molecule has 2 bridgehead atoms. The Hall–Kier alpha value is -4.28. The van der Waals surface area contributed by atoms with Crippen molar-refractivity contribution in [3.63, 3.8) is 0 Å². The summed E-state index contributed by atoms with van der Waals surface area (Å²) < 4.78 is 13.0. The van der Waals surface area contributed by atoms with Crippen molar-refractivity contribution in [2.75, 3.05) is 13.2 Å². The number of esters is 1. The molecule has 3 aliphatic rings. The molecule has 3 fully saturated rings. The molecular formula is C40H51N3O7. The Bertz CT molecular complexity index is 1560. The summed E-state index contributed by atoms with van der Waals surface area (Å²) in [6.45, 7) is 15.0. The van der Waals surface area contributed by atoms with Gasteiger partial charge >= 0.3 is 5.97 Å². The van der Waals surface area contributed by atoms with Crippen LogP contribution >= 0.6 is 0 Å². The van der Waals surface area contributed by atoms with Crippen molar-refractivity contribution in [2.45, 2.75) is 101 Å². The van der Waals surface area contributed by atoms with E-state index >= 15 is 0 Å². The number of fused-ring (bicyclic) bond motifs is 1. The molecule has 0 unspecified atom stereocenters. The monoisotopic (exact) mass is 685 g/mol. The molecule has 2 aromatic carbocycles. The fraction of sp³-hybridized carbons (Fsp3) is 0.500. The van der Waals surface area contributed by atoms with Gasteiger partial charge in [0.05, 0.1) is 36.6 Å². The van der Waals surface area contributed by atoms with Crippen molar-refractivity contribution < 1.29 is 33.8 Å². The molecule has 0 saturated carbocycles. The average molecular weight is 686 g/mol. The Kier molecular flexibility index (Phi) is 11.3. The number of ether oxygens (including phenoxy) is 2. The van der Waals surface area contributed by atoms with Gasteiger partial charge in [0, 0.05) is 18.5 Å². The number of nitrogens with one attached hydrogen (secondary N) is 1. The van der Waals surface area contributed by atoms with Crippen LogP contribution in [0.25, 0.3) is 0 Å². The highest BCUT2D eigenvalue weighted by molar-refractivity contribution is 5.98. The molecule has 3 aliphatic heterocycles. The molecule has 3 amide bonds. The number of aliphatic hydroxyl groups excluding tert-OH is 1. The summed E-state index contributed by atoms with van der Waals surface area (Å²) in [5.41, 5.74) is -0.316. The van der Waals surface area contributed by atoms with Gasteiger partial charge in [-0.05, 0) is 64.5 Å². The van der Waals surface area contributed by atoms with Crippen LogP contribution in [-0.2, 0) is 35.1 Å². The van der Waals surface area contributed by atoms with Gasteiger partial charge in [0.25, 0.3) is 0 Å². The molecule has 1 spiro atoms. The number of hydrogen-bond acceptors (Lipinski definition) is 7. The predicted octanol–water partition coefficient (Wildman–Crippen LogP) is 4.53.